The molecule has 0 aromatic heterocycles. The Morgan fingerprint density at radius 1 is 1.10 bits per heavy atom. The minimum atomic E-state index is -1.55. The SMILES string of the molecule is CC(C)C[C@H]1CN(C(=O)/C=C/c2cc(F)c(F)c(F)c2)[C@@H](CC(C)C)C(=O)N1.S.S. The molecule has 0 spiro atoms. The predicted molar refractivity (Wildman–Crippen MR) is 122 cm³/mol. The molecule has 0 radical (unpaired) electrons. The fraction of sp³-hybridized carbons (Fsp3) is 0.524. The van der Waals surface area contributed by atoms with Gasteiger partial charge in [-0.1, -0.05) is 27.7 Å². The Morgan fingerprint density at radius 2 is 1.63 bits per heavy atom. The van der Waals surface area contributed by atoms with Crippen LogP contribution >= 0.6 is 27.0 Å². The topological polar surface area (TPSA) is 49.4 Å². The highest BCUT2D eigenvalue weighted by atomic mass is 32.1. The van der Waals surface area contributed by atoms with Crippen LogP contribution in [0.5, 0.6) is 0 Å². The first-order valence-corrected chi connectivity index (χ1v) is 9.52. The van der Waals surface area contributed by atoms with Gasteiger partial charge in [-0.25, -0.2) is 13.2 Å². The zero-order valence-electron chi connectivity index (χ0n) is 17.6. The van der Waals surface area contributed by atoms with Crippen LogP contribution in [0.3, 0.4) is 0 Å². The molecule has 1 saturated heterocycles. The highest BCUT2D eigenvalue weighted by molar-refractivity contribution is 7.59. The van der Waals surface area contributed by atoms with Gasteiger partial charge >= 0.3 is 0 Å². The Morgan fingerprint density at radius 3 is 2.13 bits per heavy atom. The van der Waals surface area contributed by atoms with Gasteiger partial charge in [0, 0.05) is 18.7 Å². The Labute approximate surface area is 190 Å². The van der Waals surface area contributed by atoms with Gasteiger partial charge in [0.15, 0.2) is 17.5 Å². The van der Waals surface area contributed by atoms with E-state index >= 15 is 0 Å². The minimum absolute atomic E-state index is 0. The molecule has 1 heterocycles. The molecule has 0 saturated carbocycles. The monoisotopic (exact) mass is 464 g/mol. The molecule has 1 N–H and O–H groups in total. The van der Waals surface area contributed by atoms with Gasteiger partial charge in [-0.15, -0.1) is 0 Å². The molecule has 1 aromatic rings. The van der Waals surface area contributed by atoms with Gasteiger partial charge in [0.2, 0.25) is 11.8 Å². The number of halogens is 3. The summed E-state index contributed by atoms with van der Waals surface area (Å²) < 4.78 is 39.8. The number of rotatable bonds is 6. The van der Waals surface area contributed by atoms with Crippen molar-refractivity contribution in [3.05, 3.63) is 41.2 Å². The van der Waals surface area contributed by atoms with Crippen molar-refractivity contribution in [3.63, 3.8) is 0 Å². The molecule has 4 nitrogen and oxygen atoms in total. The normalized spacial score (nSPS) is 19.0. The second-order valence-corrected chi connectivity index (χ2v) is 8.10. The molecule has 0 unspecified atom stereocenters. The van der Waals surface area contributed by atoms with Crippen molar-refractivity contribution in [1.29, 1.82) is 0 Å². The average molecular weight is 465 g/mol. The maximum atomic E-state index is 13.4. The smallest absolute Gasteiger partial charge is 0.247 e. The average Bonchev–Trinajstić information content (AvgIpc) is 2.58. The lowest BCUT2D eigenvalue weighted by Crippen LogP contribution is -2.61. The van der Waals surface area contributed by atoms with E-state index in [0.29, 0.717) is 18.9 Å². The first-order valence-electron chi connectivity index (χ1n) is 9.52. The summed E-state index contributed by atoms with van der Waals surface area (Å²) in [4.78, 5) is 26.9. The summed E-state index contributed by atoms with van der Waals surface area (Å²) in [6.07, 6.45) is 3.65. The zero-order valence-corrected chi connectivity index (χ0v) is 19.6. The number of hydrogen-bond donors (Lipinski definition) is 1. The van der Waals surface area contributed by atoms with E-state index in [1.165, 1.54) is 17.1 Å². The Balaban J connectivity index is 0.00000420. The first-order chi connectivity index (χ1) is 13.1. The Bertz CT molecular complexity index is 750. The molecular formula is C21H31F3N2O2S2. The molecule has 0 aliphatic carbocycles. The van der Waals surface area contributed by atoms with Crippen LogP contribution in [0.25, 0.3) is 6.08 Å². The van der Waals surface area contributed by atoms with Crippen molar-refractivity contribution in [2.75, 3.05) is 6.54 Å². The summed E-state index contributed by atoms with van der Waals surface area (Å²) >= 11 is 0. The van der Waals surface area contributed by atoms with E-state index in [1.807, 2.05) is 27.7 Å². The first kappa shape index (κ1) is 28.4. The van der Waals surface area contributed by atoms with E-state index in [2.05, 4.69) is 5.32 Å². The van der Waals surface area contributed by atoms with Gasteiger partial charge in [0.25, 0.3) is 0 Å². The second-order valence-electron chi connectivity index (χ2n) is 8.10. The molecule has 1 aliphatic heterocycles. The van der Waals surface area contributed by atoms with E-state index in [9.17, 15) is 22.8 Å². The van der Waals surface area contributed by atoms with Crippen molar-refractivity contribution in [3.8, 4) is 0 Å². The lowest BCUT2D eigenvalue weighted by atomic mass is 9.95. The van der Waals surface area contributed by atoms with Crippen molar-refractivity contribution < 1.29 is 22.8 Å². The number of hydrogen-bond acceptors (Lipinski definition) is 2. The Kier molecular flexibility index (Phi) is 11.6. The maximum Gasteiger partial charge on any atom is 0.247 e. The maximum absolute atomic E-state index is 13.4. The quantitative estimate of drug-likeness (QED) is 0.508. The molecule has 2 rings (SSSR count). The van der Waals surface area contributed by atoms with Crippen LogP contribution in [0, 0.1) is 29.3 Å². The molecule has 0 bridgehead atoms. The van der Waals surface area contributed by atoms with Crippen molar-refractivity contribution in [2.24, 2.45) is 11.8 Å². The van der Waals surface area contributed by atoms with Crippen LogP contribution < -0.4 is 5.32 Å². The molecule has 1 fully saturated rings. The van der Waals surface area contributed by atoms with Crippen molar-refractivity contribution >= 4 is 44.9 Å². The largest absolute Gasteiger partial charge is 0.350 e. The number of benzene rings is 1. The van der Waals surface area contributed by atoms with Crippen LogP contribution in [0.1, 0.15) is 46.1 Å². The van der Waals surface area contributed by atoms with Gasteiger partial charge in [-0.3, -0.25) is 9.59 Å². The van der Waals surface area contributed by atoms with Crippen LogP contribution in [0.2, 0.25) is 0 Å². The Hall–Kier alpha value is -1.61. The van der Waals surface area contributed by atoms with Gasteiger partial charge < -0.3 is 10.2 Å². The molecule has 1 aliphatic rings. The third-order valence-corrected chi connectivity index (χ3v) is 4.60. The fourth-order valence-electron chi connectivity index (χ4n) is 3.41. The molecule has 170 valence electrons. The lowest BCUT2D eigenvalue weighted by molar-refractivity contribution is -0.142. The van der Waals surface area contributed by atoms with Gasteiger partial charge in [-0.2, -0.15) is 27.0 Å². The number of carbonyl (C=O) groups excluding carboxylic acids is 2. The summed E-state index contributed by atoms with van der Waals surface area (Å²) in [6, 6.07) is 0.896. The number of nitrogens with one attached hydrogen (secondary N) is 1. The number of carbonyl (C=O) groups is 2. The van der Waals surface area contributed by atoms with E-state index in [-0.39, 0.29) is 50.4 Å². The van der Waals surface area contributed by atoms with E-state index in [1.54, 1.807) is 0 Å². The van der Waals surface area contributed by atoms with Gasteiger partial charge in [0.05, 0.1) is 0 Å². The summed E-state index contributed by atoms with van der Waals surface area (Å²) in [7, 11) is 0. The number of amides is 2. The van der Waals surface area contributed by atoms with Crippen LogP contribution in [0.15, 0.2) is 18.2 Å². The third-order valence-electron chi connectivity index (χ3n) is 4.60. The summed E-state index contributed by atoms with van der Waals surface area (Å²) in [5.41, 5.74) is 0.0327. The lowest BCUT2D eigenvalue weighted by Gasteiger charge is -2.40. The molecule has 2 atom stereocenters. The van der Waals surface area contributed by atoms with Crippen LogP contribution in [0.4, 0.5) is 13.2 Å². The third kappa shape index (κ3) is 7.58. The van der Waals surface area contributed by atoms with Crippen molar-refractivity contribution in [2.45, 2.75) is 52.6 Å². The number of piperazine rings is 1. The molecule has 30 heavy (non-hydrogen) atoms. The van der Waals surface area contributed by atoms with Gasteiger partial charge in [-0.05, 0) is 48.4 Å². The minimum Gasteiger partial charge on any atom is -0.350 e. The van der Waals surface area contributed by atoms with Gasteiger partial charge in [0.1, 0.15) is 6.04 Å². The molecular weight excluding hydrogens is 433 g/mol. The summed E-state index contributed by atoms with van der Waals surface area (Å²) in [5, 5.41) is 2.99. The van der Waals surface area contributed by atoms with Crippen LogP contribution in [-0.2, 0) is 9.59 Å². The van der Waals surface area contributed by atoms with Crippen molar-refractivity contribution in [1.82, 2.24) is 10.2 Å². The number of nitrogens with zero attached hydrogens (tertiary/aromatic N) is 1. The molecule has 9 heteroatoms. The zero-order chi connectivity index (χ0) is 21.0. The second kappa shape index (κ2) is 12.3. The predicted octanol–water partition coefficient (Wildman–Crippen LogP) is 4.13. The highest BCUT2D eigenvalue weighted by Gasteiger charge is 2.36. The summed E-state index contributed by atoms with van der Waals surface area (Å²) in [6.45, 7) is 8.38. The summed E-state index contributed by atoms with van der Waals surface area (Å²) in [5.74, 6) is -4.24. The fourth-order valence-corrected chi connectivity index (χ4v) is 3.41. The molecule has 2 amide bonds. The highest BCUT2D eigenvalue weighted by Crippen LogP contribution is 2.21. The molecule has 1 aromatic carbocycles. The van der Waals surface area contributed by atoms with Crippen LogP contribution in [-0.4, -0.2) is 35.3 Å². The van der Waals surface area contributed by atoms with E-state index in [4.69, 9.17) is 0 Å². The standard InChI is InChI=1S/C21H27F3N2O2.2H2S/c1-12(2)7-15-11-26(18(8-13(3)4)21(28)25-15)19(27)6-5-14-9-16(22)20(24)17(23)10-14;;/h5-6,9-10,12-13,15,18H,7-8,11H2,1-4H3,(H,25,28);2*1H2/b6-5+;;/t15-,18-;;/m0../s1. The van der Waals surface area contributed by atoms with E-state index in [0.717, 1.165) is 18.6 Å². The van der Waals surface area contributed by atoms with E-state index < -0.39 is 29.4 Å².